The molecule has 1 saturated heterocycles. The van der Waals surface area contributed by atoms with E-state index in [0.717, 1.165) is 0 Å². The van der Waals surface area contributed by atoms with Crippen LogP contribution in [0.4, 0.5) is 10.1 Å². The van der Waals surface area contributed by atoms with Gasteiger partial charge in [-0.3, -0.25) is 9.69 Å². The minimum absolute atomic E-state index is 0.0911. The number of benzene rings is 1. The summed E-state index contributed by atoms with van der Waals surface area (Å²) in [4.78, 5) is 14.4. The molecule has 6 heteroatoms. The Hall–Kier alpha value is -0.980. The first kappa shape index (κ1) is 16.4. The monoisotopic (exact) mass is 358 g/mol. The third-order valence-corrected chi connectivity index (χ3v) is 4.06. The first-order valence-electron chi connectivity index (χ1n) is 7.02. The van der Waals surface area contributed by atoms with Crippen LogP contribution in [0.15, 0.2) is 22.7 Å². The van der Waals surface area contributed by atoms with Crippen molar-refractivity contribution in [2.24, 2.45) is 0 Å². The van der Waals surface area contributed by atoms with E-state index in [1.807, 2.05) is 20.8 Å². The molecule has 2 rings (SSSR count). The molecule has 1 aromatic rings. The predicted octanol–water partition coefficient (Wildman–Crippen LogP) is 3.02. The molecule has 116 valence electrons. The Kier molecular flexibility index (Phi) is 5.35. The van der Waals surface area contributed by atoms with Gasteiger partial charge in [0.2, 0.25) is 5.91 Å². The molecular weight excluding hydrogens is 339 g/mol. The molecule has 1 amide bonds. The van der Waals surface area contributed by atoms with E-state index in [1.54, 1.807) is 12.1 Å². The summed E-state index contributed by atoms with van der Waals surface area (Å²) in [6, 6.07) is 4.25. The Morgan fingerprint density at radius 3 is 2.62 bits per heavy atom. The molecule has 1 aromatic carbocycles. The molecule has 0 radical (unpaired) electrons. The van der Waals surface area contributed by atoms with Gasteiger partial charge < -0.3 is 10.1 Å². The minimum atomic E-state index is -0.450. The van der Waals surface area contributed by atoms with Gasteiger partial charge in [0.1, 0.15) is 5.82 Å². The van der Waals surface area contributed by atoms with Crippen LogP contribution in [-0.4, -0.2) is 42.1 Å². The van der Waals surface area contributed by atoms with Crippen LogP contribution < -0.4 is 5.32 Å². The molecule has 0 unspecified atom stereocenters. The summed E-state index contributed by atoms with van der Waals surface area (Å²) in [5.41, 5.74) is 0.199. The van der Waals surface area contributed by atoms with Crippen LogP contribution >= 0.6 is 15.9 Å². The van der Waals surface area contributed by atoms with Crippen molar-refractivity contribution in [2.45, 2.75) is 39.0 Å². The SMILES string of the molecule is C[C@@H]1CN([C@H](C)C(=O)Nc2ccc(Br)cc2F)C[C@H](C)O1. The van der Waals surface area contributed by atoms with Crippen molar-refractivity contribution >= 4 is 27.5 Å². The fourth-order valence-corrected chi connectivity index (χ4v) is 2.86. The van der Waals surface area contributed by atoms with E-state index in [-0.39, 0.29) is 29.8 Å². The summed E-state index contributed by atoms with van der Waals surface area (Å²) in [6.45, 7) is 7.20. The highest BCUT2D eigenvalue weighted by Gasteiger charge is 2.29. The second-order valence-electron chi connectivity index (χ2n) is 5.50. The van der Waals surface area contributed by atoms with E-state index in [4.69, 9.17) is 4.74 Å². The predicted molar refractivity (Wildman–Crippen MR) is 83.8 cm³/mol. The van der Waals surface area contributed by atoms with Crippen molar-refractivity contribution in [2.75, 3.05) is 18.4 Å². The number of rotatable bonds is 3. The van der Waals surface area contributed by atoms with E-state index in [9.17, 15) is 9.18 Å². The molecule has 1 heterocycles. The molecule has 1 N–H and O–H groups in total. The maximum atomic E-state index is 13.8. The Bertz CT molecular complexity index is 516. The molecular formula is C15H20BrFN2O2. The van der Waals surface area contributed by atoms with Gasteiger partial charge in [0, 0.05) is 17.6 Å². The quantitative estimate of drug-likeness (QED) is 0.902. The van der Waals surface area contributed by atoms with Crippen LogP contribution in [-0.2, 0) is 9.53 Å². The van der Waals surface area contributed by atoms with E-state index >= 15 is 0 Å². The van der Waals surface area contributed by atoms with Crippen LogP contribution in [0.5, 0.6) is 0 Å². The van der Waals surface area contributed by atoms with Crippen molar-refractivity contribution in [3.8, 4) is 0 Å². The molecule has 0 aliphatic carbocycles. The van der Waals surface area contributed by atoms with E-state index in [0.29, 0.717) is 17.6 Å². The number of halogens is 2. The zero-order valence-corrected chi connectivity index (χ0v) is 14.0. The number of amides is 1. The van der Waals surface area contributed by atoms with Gasteiger partial charge in [-0.2, -0.15) is 0 Å². The van der Waals surface area contributed by atoms with Crippen molar-refractivity contribution in [3.63, 3.8) is 0 Å². The van der Waals surface area contributed by atoms with Gasteiger partial charge in [-0.25, -0.2) is 4.39 Å². The van der Waals surface area contributed by atoms with Crippen molar-refractivity contribution in [1.29, 1.82) is 0 Å². The number of hydrogen-bond donors (Lipinski definition) is 1. The maximum Gasteiger partial charge on any atom is 0.241 e. The summed E-state index contributed by atoms with van der Waals surface area (Å²) in [7, 11) is 0. The lowest BCUT2D eigenvalue weighted by atomic mass is 10.1. The van der Waals surface area contributed by atoms with Crippen LogP contribution in [0, 0.1) is 5.82 Å². The Morgan fingerprint density at radius 1 is 1.43 bits per heavy atom. The average Bonchev–Trinajstić information content (AvgIpc) is 2.40. The fourth-order valence-electron chi connectivity index (χ4n) is 2.53. The first-order chi connectivity index (χ1) is 9.86. The van der Waals surface area contributed by atoms with E-state index < -0.39 is 5.82 Å². The van der Waals surface area contributed by atoms with Crippen molar-refractivity contribution in [3.05, 3.63) is 28.5 Å². The summed E-state index contributed by atoms with van der Waals surface area (Å²) < 4.78 is 20.1. The van der Waals surface area contributed by atoms with Gasteiger partial charge in [-0.05, 0) is 39.0 Å². The topological polar surface area (TPSA) is 41.6 Å². The second-order valence-corrected chi connectivity index (χ2v) is 6.42. The summed E-state index contributed by atoms with van der Waals surface area (Å²) >= 11 is 3.19. The lowest BCUT2D eigenvalue weighted by Gasteiger charge is -2.38. The van der Waals surface area contributed by atoms with E-state index in [2.05, 4.69) is 26.1 Å². The highest BCUT2D eigenvalue weighted by atomic mass is 79.9. The number of anilines is 1. The van der Waals surface area contributed by atoms with Gasteiger partial charge in [-0.15, -0.1) is 0 Å². The molecule has 4 nitrogen and oxygen atoms in total. The molecule has 0 aromatic heterocycles. The van der Waals surface area contributed by atoms with E-state index in [1.165, 1.54) is 6.07 Å². The molecule has 1 aliphatic rings. The van der Waals surface area contributed by atoms with Gasteiger partial charge in [-0.1, -0.05) is 15.9 Å². The molecule has 0 bridgehead atoms. The molecule has 0 spiro atoms. The maximum absolute atomic E-state index is 13.8. The second kappa shape index (κ2) is 6.85. The molecule has 3 atom stereocenters. The van der Waals surface area contributed by atoms with Gasteiger partial charge in [0.15, 0.2) is 0 Å². The van der Waals surface area contributed by atoms with Crippen LogP contribution in [0.25, 0.3) is 0 Å². The number of nitrogens with zero attached hydrogens (tertiary/aromatic N) is 1. The lowest BCUT2D eigenvalue weighted by Crippen LogP contribution is -2.52. The number of carbonyl (C=O) groups is 1. The molecule has 21 heavy (non-hydrogen) atoms. The fraction of sp³-hybridized carbons (Fsp3) is 0.533. The summed E-state index contributed by atoms with van der Waals surface area (Å²) in [5.74, 6) is -0.661. The minimum Gasteiger partial charge on any atom is -0.373 e. The van der Waals surface area contributed by atoms with Crippen molar-refractivity contribution < 1.29 is 13.9 Å². The third-order valence-electron chi connectivity index (χ3n) is 3.56. The Morgan fingerprint density at radius 2 is 2.05 bits per heavy atom. The largest absolute Gasteiger partial charge is 0.373 e. The first-order valence-corrected chi connectivity index (χ1v) is 7.81. The van der Waals surface area contributed by atoms with Crippen LogP contribution in [0.2, 0.25) is 0 Å². The smallest absolute Gasteiger partial charge is 0.241 e. The highest BCUT2D eigenvalue weighted by Crippen LogP contribution is 2.20. The number of nitrogens with one attached hydrogen (secondary N) is 1. The molecule has 1 fully saturated rings. The number of morpholine rings is 1. The van der Waals surface area contributed by atoms with Crippen LogP contribution in [0.1, 0.15) is 20.8 Å². The Labute approximate surface area is 132 Å². The zero-order valence-electron chi connectivity index (χ0n) is 12.4. The molecule has 0 saturated carbocycles. The molecule has 1 aliphatic heterocycles. The van der Waals surface area contributed by atoms with Crippen LogP contribution in [0.3, 0.4) is 0 Å². The van der Waals surface area contributed by atoms with Gasteiger partial charge >= 0.3 is 0 Å². The average molecular weight is 359 g/mol. The Balaban J connectivity index is 2.02. The standard InChI is InChI=1S/C15H20BrFN2O2/c1-9-7-19(8-10(2)21-9)11(3)15(20)18-14-5-4-12(16)6-13(14)17/h4-6,9-11H,7-8H2,1-3H3,(H,18,20)/t9-,10+,11-/m1/s1. The third kappa shape index (κ3) is 4.25. The normalized spacial score (nSPS) is 24.6. The summed E-state index contributed by atoms with van der Waals surface area (Å²) in [6.07, 6.45) is 0.182. The number of ether oxygens (including phenoxy) is 1. The number of hydrogen-bond acceptors (Lipinski definition) is 3. The van der Waals surface area contributed by atoms with Gasteiger partial charge in [0.05, 0.1) is 23.9 Å². The highest BCUT2D eigenvalue weighted by molar-refractivity contribution is 9.10. The van der Waals surface area contributed by atoms with Crippen molar-refractivity contribution in [1.82, 2.24) is 4.90 Å². The zero-order chi connectivity index (χ0) is 15.6. The van der Waals surface area contributed by atoms with Gasteiger partial charge in [0.25, 0.3) is 0 Å². The summed E-state index contributed by atoms with van der Waals surface area (Å²) in [5, 5.41) is 2.65. The number of carbonyl (C=O) groups excluding carboxylic acids is 1. The lowest BCUT2D eigenvalue weighted by molar-refractivity contribution is -0.126.